The van der Waals surface area contributed by atoms with E-state index >= 15 is 0 Å². The zero-order valence-corrected chi connectivity index (χ0v) is 19.0. The van der Waals surface area contributed by atoms with E-state index in [1.165, 1.54) is 23.4 Å². The molecule has 164 valence electrons. The van der Waals surface area contributed by atoms with Crippen molar-refractivity contribution < 1.29 is 9.59 Å². The summed E-state index contributed by atoms with van der Waals surface area (Å²) in [5.41, 5.74) is 3.60. The monoisotopic (exact) mass is 468 g/mol. The Morgan fingerprint density at radius 2 is 1.62 bits per heavy atom. The molecule has 2 N–H and O–H groups in total. The molecular weight excluding hydrogens is 447 g/mol. The predicted octanol–water partition coefficient (Wildman–Crippen LogP) is 4.92. The van der Waals surface area contributed by atoms with E-state index in [4.69, 9.17) is 23.2 Å². The Morgan fingerprint density at radius 3 is 2.38 bits per heavy atom. The van der Waals surface area contributed by atoms with E-state index in [9.17, 15) is 9.59 Å². The number of carbonyl (C=O) groups is 2. The van der Waals surface area contributed by atoms with E-state index in [0.29, 0.717) is 27.1 Å². The minimum absolute atomic E-state index is 0.235. The van der Waals surface area contributed by atoms with Gasteiger partial charge in [0.15, 0.2) is 0 Å². The highest BCUT2D eigenvalue weighted by atomic mass is 35.5. The molecule has 0 radical (unpaired) electrons. The van der Waals surface area contributed by atoms with Crippen LogP contribution in [0.3, 0.4) is 0 Å². The highest BCUT2D eigenvalue weighted by Crippen LogP contribution is 2.24. The van der Waals surface area contributed by atoms with E-state index in [1.54, 1.807) is 24.3 Å². The maximum atomic E-state index is 13.0. The summed E-state index contributed by atoms with van der Waals surface area (Å²) in [6.45, 7) is 1.96. The van der Waals surface area contributed by atoms with Crippen molar-refractivity contribution in [2.75, 3.05) is 30.8 Å². The first kappa shape index (κ1) is 22.3. The third-order valence-corrected chi connectivity index (χ3v) is 5.90. The summed E-state index contributed by atoms with van der Waals surface area (Å²) in [5, 5.41) is 6.39. The molecule has 0 bridgehead atoms. The van der Waals surface area contributed by atoms with Gasteiger partial charge >= 0.3 is 0 Å². The Morgan fingerprint density at radius 1 is 0.875 bits per heavy atom. The van der Waals surface area contributed by atoms with Gasteiger partial charge in [0.2, 0.25) is 0 Å². The number of aromatic nitrogens is 1. The topological polar surface area (TPSA) is 74.3 Å². The minimum atomic E-state index is -0.442. The van der Waals surface area contributed by atoms with Crippen molar-refractivity contribution in [3.63, 3.8) is 0 Å². The van der Waals surface area contributed by atoms with Crippen LogP contribution in [0, 0.1) is 0 Å². The number of carbonyl (C=O) groups excluding carboxylic acids is 2. The van der Waals surface area contributed by atoms with Crippen molar-refractivity contribution in [3.8, 4) is 0 Å². The minimum Gasteiger partial charge on any atom is -0.321 e. The van der Waals surface area contributed by atoms with Crippen molar-refractivity contribution in [2.24, 2.45) is 0 Å². The third-order valence-electron chi connectivity index (χ3n) is 5.44. The first-order valence-electron chi connectivity index (χ1n) is 10.2. The third kappa shape index (κ3) is 5.27. The van der Waals surface area contributed by atoms with Crippen molar-refractivity contribution in [1.82, 2.24) is 9.88 Å². The fourth-order valence-corrected chi connectivity index (χ4v) is 3.90. The Bertz CT molecular complexity index is 1170. The second-order valence-corrected chi connectivity index (χ2v) is 8.62. The number of fused-ring (bicyclic) bond motifs is 1. The van der Waals surface area contributed by atoms with Crippen LogP contribution in [0.25, 0.3) is 0 Å². The van der Waals surface area contributed by atoms with Gasteiger partial charge in [0.05, 0.1) is 16.3 Å². The Balaban J connectivity index is 1.55. The van der Waals surface area contributed by atoms with Crippen molar-refractivity contribution in [3.05, 3.63) is 87.0 Å². The molecule has 1 aliphatic rings. The van der Waals surface area contributed by atoms with Gasteiger partial charge in [-0.05, 0) is 73.5 Å². The van der Waals surface area contributed by atoms with Gasteiger partial charge in [-0.2, -0.15) is 0 Å². The first-order chi connectivity index (χ1) is 15.4. The lowest BCUT2D eigenvalue weighted by Crippen LogP contribution is -2.20. The van der Waals surface area contributed by atoms with Crippen LogP contribution >= 0.6 is 23.2 Å². The van der Waals surface area contributed by atoms with Gasteiger partial charge in [-0.1, -0.05) is 29.3 Å². The molecule has 0 spiro atoms. The number of nitrogens with zero attached hydrogens (tertiary/aromatic N) is 2. The van der Waals surface area contributed by atoms with Crippen LogP contribution in [0.1, 0.15) is 31.8 Å². The van der Waals surface area contributed by atoms with Crippen molar-refractivity contribution in [2.45, 2.75) is 12.8 Å². The van der Waals surface area contributed by atoms with Crippen LogP contribution in [0.2, 0.25) is 10.0 Å². The highest BCUT2D eigenvalue weighted by Gasteiger charge is 2.18. The quantitative estimate of drug-likeness (QED) is 0.569. The van der Waals surface area contributed by atoms with Crippen LogP contribution in [0.15, 0.2) is 54.7 Å². The van der Waals surface area contributed by atoms with Crippen LogP contribution in [0.4, 0.5) is 11.5 Å². The number of anilines is 2. The number of halogens is 2. The van der Waals surface area contributed by atoms with E-state index in [0.717, 1.165) is 25.9 Å². The lowest BCUT2D eigenvalue weighted by Gasteiger charge is -2.13. The Kier molecular flexibility index (Phi) is 6.74. The molecule has 1 aromatic heterocycles. The summed E-state index contributed by atoms with van der Waals surface area (Å²) in [7, 11) is 2.10. The van der Waals surface area contributed by atoms with E-state index in [-0.39, 0.29) is 11.5 Å². The van der Waals surface area contributed by atoms with Crippen LogP contribution in [0.5, 0.6) is 0 Å². The van der Waals surface area contributed by atoms with Gasteiger partial charge in [0.1, 0.15) is 5.82 Å². The molecule has 2 heterocycles. The molecule has 3 aromatic rings. The summed E-state index contributed by atoms with van der Waals surface area (Å²) >= 11 is 12.0. The molecule has 0 atom stereocenters. The number of benzene rings is 2. The fourth-order valence-electron chi connectivity index (χ4n) is 3.62. The maximum absolute atomic E-state index is 13.0. The summed E-state index contributed by atoms with van der Waals surface area (Å²) in [6.07, 6.45) is 3.30. The molecule has 0 fully saturated rings. The lowest BCUT2D eigenvalue weighted by molar-refractivity contribution is 0.102. The molecule has 6 nitrogen and oxygen atoms in total. The molecule has 2 amide bonds. The second kappa shape index (κ2) is 9.69. The number of pyridine rings is 1. The Hall–Kier alpha value is -2.93. The summed E-state index contributed by atoms with van der Waals surface area (Å²) in [4.78, 5) is 32.2. The highest BCUT2D eigenvalue weighted by molar-refractivity contribution is 6.31. The van der Waals surface area contributed by atoms with Gasteiger partial charge < -0.3 is 15.5 Å². The van der Waals surface area contributed by atoms with Crippen LogP contribution < -0.4 is 10.6 Å². The van der Waals surface area contributed by atoms with Gasteiger partial charge in [0.25, 0.3) is 11.8 Å². The molecule has 0 aliphatic carbocycles. The molecule has 0 saturated carbocycles. The Labute approximate surface area is 196 Å². The largest absolute Gasteiger partial charge is 0.321 e. The molecule has 0 unspecified atom stereocenters. The van der Waals surface area contributed by atoms with E-state index in [2.05, 4.69) is 27.6 Å². The molecule has 0 saturated heterocycles. The molecule has 2 aromatic carbocycles. The normalized spacial score (nSPS) is 13.7. The van der Waals surface area contributed by atoms with E-state index in [1.807, 2.05) is 18.2 Å². The standard InChI is InChI=1S/C24H22Cl2N4O2/c1-30-10-8-15-2-3-17(12-16(15)9-11-30)23(31)28-21-6-4-18(25)13-20(21)24(32)29-22-7-5-19(26)14-27-22/h2-7,12-14H,8-11H2,1H3,(H,28,31)(H,27,29,32). The molecular formula is C24H22Cl2N4O2. The summed E-state index contributed by atoms with van der Waals surface area (Å²) in [5.74, 6) is -0.388. The summed E-state index contributed by atoms with van der Waals surface area (Å²) in [6, 6.07) is 13.8. The van der Waals surface area contributed by atoms with Gasteiger partial charge in [0, 0.05) is 29.9 Å². The number of nitrogens with one attached hydrogen (secondary N) is 2. The van der Waals surface area contributed by atoms with Crippen molar-refractivity contribution in [1.29, 1.82) is 0 Å². The lowest BCUT2D eigenvalue weighted by atomic mass is 9.99. The maximum Gasteiger partial charge on any atom is 0.258 e. The van der Waals surface area contributed by atoms with Gasteiger partial charge in [-0.3, -0.25) is 9.59 Å². The number of rotatable bonds is 4. The molecule has 4 rings (SSSR count). The molecule has 32 heavy (non-hydrogen) atoms. The van der Waals surface area contributed by atoms with E-state index < -0.39 is 5.91 Å². The first-order valence-corrected chi connectivity index (χ1v) is 11.0. The number of hydrogen-bond acceptors (Lipinski definition) is 4. The zero-order valence-electron chi connectivity index (χ0n) is 17.5. The SMILES string of the molecule is CN1CCc2ccc(C(=O)Nc3ccc(Cl)cc3C(=O)Nc3ccc(Cl)cn3)cc2CC1. The predicted molar refractivity (Wildman–Crippen MR) is 128 cm³/mol. The number of hydrogen-bond donors (Lipinski definition) is 2. The average Bonchev–Trinajstić information content (AvgIpc) is 2.97. The summed E-state index contributed by atoms with van der Waals surface area (Å²) < 4.78 is 0. The van der Waals surface area contributed by atoms with Crippen LogP contribution in [-0.2, 0) is 12.8 Å². The van der Waals surface area contributed by atoms with Crippen molar-refractivity contribution >= 4 is 46.5 Å². The van der Waals surface area contributed by atoms with Gasteiger partial charge in [-0.25, -0.2) is 4.98 Å². The number of likely N-dealkylation sites (N-methyl/N-ethyl adjacent to an activating group) is 1. The smallest absolute Gasteiger partial charge is 0.258 e. The number of amides is 2. The molecule has 1 aliphatic heterocycles. The second-order valence-electron chi connectivity index (χ2n) is 7.75. The fraction of sp³-hybridized carbons (Fsp3) is 0.208. The molecule has 8 heteroatoms. The zero-order chi connectivity index (χ0) is 22.7. The van der Waals surface area contributed by atoms with Crippen LogP contribution in [-0.4, -0.2) is 41.8 Å². The van der Waals surface area contributed by atoms with Gasteiger partial charge in [-0.15, -0.1) is 0 Å². The average molecular weight is 469 g/mol.